The van der Waals surface area contributed by atoms with E-state index in [0.29, 0.717) is 17.9 Å². The molecule has 1 N–H and O–H groups in total. The van der Waals surface area contributed by atoms with E-state index in [1.165, 1.54) is 25.3 Å². The highest BCUT2D eigenvalue weighted by Gasteiger charge is 2.09. The minimum atomic E-state index is -0.448. The number of benzene rings is 1. The summed E-state index contributed by atoms with van der Waals surface area (Å²) in [7, 11) is 1.31. The van der Waals surface area contributed by atoms with E-state index in [4.69, 9.17) is 4.74 Å². The van der Waals surface area contributed by atoms with Crippen molar-refractivity contribution < 1.29 is 19.4 Å². The molecule has 0 aliphatic heterocycles. The lowest BCUT2D eigenvalue weighted by molar-refractivity contribution is 0.0600. The van der Waals surface area contributed by atoms with Crippen LogP contribution in [0.5, 0.6) is 11.5 Å². The number of phenols is 1. The number of hydrogen-bond acceptors (Lipinski definition) is 4. The van der Waals surface area contributed by atoms with Crippen LogP contribution >= 0.6 is 0 Å². The second kappa shape index (κ2) is 5.24. The Hall–Kier alpha value is -1.71. The molecule has 1 aromatic carbocycles. The number of hydrogen-bond donors (Lipinski definition) is 1. The van der Waals surface area contributed by atoms with Crippen LogP contribution in [-0.4, -0.2) is 24.8 Å². The van der Waals surface area contributed by atoms with Crippen molar-refractivity contribution in [2.24, 2.45) is 0 Å². The van der Waals surface area contributed by atoms with E-state index in [1.54, 1.807) is 0 Å². The maximum atomic E-state index is 11.2. The average molecular weight is 210 g/mol. The van der Waals surface area contributed by atoms with Crippen molar-refractivity contribution in [3.8, 4) is 11.5 Å². The molecule has 0 atom stereocenters. The zero-order chi connectivity index (χ0) is 11.3. The number of carbonyl (C=O) groups is 1. The van der Waals surface area contributed by atoms with Gasteiger partial charge in [-0.25, -0.2) is 4.79 Å². The first kappa shape index (κ1) is 11.4. The Kier molecular flexibility index (Phi) is 3.97. The molecule has 0 heterocycles. The summed E-state index contributed by atoms with van der Waals surface area (Å²) in [6.45, 7) is 2.46. The first-order valence-electron chi connectivity index (χ1n) is 4.73. The largest absolute Gasteiger partial charge is 0.504 e. The van der Waals surface area contributed by atoms with Crippen molar-refractivity contribution >= 4 is 5.97 Å². The Morgan fingerprint density at radius 3 is 2.80 bits per heavy atom. The van der Waals surface area contributed by atoms with Gasteiger partial charge in [0.15, 0.2) is 11.5 Å². The highest BCUT2D eigenvalue weighted by atomic mass is 16.5. The molecule has 0 aromatic heterocycles. The monoisotopic (exact) mass is 210 g/mol. The van der Waals surface area contributed by atoms with Crippen molar-refractivity contribution in [1.82, 2.24) is 0 Å². The molecule has 0 fully saturated rings. The molecule has 0 amide bonds. The van der Waals surface area contributed by atoms with E-state index >= 15 is 0 Å². The first-order chi connectivity index (χ1) is 7.19. The molecule has 4 nitrogen and oxygen atoms in total. The average Bonchev–Trinajstić information content (AvgIpc) is 2.27. The highest BCUT2D eigenvalue weighted by molar-refractivity contribution is 5.90. The topological polar surface area (TPSA) is 55.8 Å². The molecule has 1 rings (SSSR count). The standard InChI is InChI=1S/C11H14O4/c1-3-6-15-10-7-8(11(13)14-2)4-5-9(10)12/h4-5,7,12H,3,6H2,1-2H3. The van der Waals surface area contributed by atoms with Gasteiger partial charge in [-0.05, 0) is 24.6 Å². The van der Waals surface area contributed by atoms with Crippen molar-refractivity contribution in [2.75, 3.05) is 13.7 Å². The third-order valence-corrected chi connectivity index (χ3v) is 1.84. The van der Waals surface area contributed by atoms with Crippen molar-refractivity contribution in [3.05, 3.63) is 23.8 Å². The van der Waals surface area contributed by atoms with Crippen LogP contribution in [-0.2, 0) is 4.74 Å². The van der Waals surface area contributed by atoms with Crippen LogP contribution in [0.2, 0.25) is 0 Å². The van der Waals surface area contributed by atoms with Gasteiger partial charge in [0.1, 0.15) is 0 Å². The Morgan fingerprint density at radius 2 is 2.20 bits per heavy atom. The number of ether oxygens (including phenoxy) is 2. The summed E-state index contributed by atoms with van der Waals surface area (Å²) >= 11 is 0. The van der Waals surface area contributed by atoms with E-state index in [9.17, 15) is 9.90 Å². The van der Waals surface area contributed by atoms with Crippen LogP contribution in [0.3, 0.4) is 0 Å². The van der Waals surface area contributed by atoms with Crippen LogP contribution in [0.4, 0.5) is 0 Å². The summed E-state index contributed by atoms with van der Waals surface area (Å²) in [6.07, 6.45) is 0.835. The van der Waals surface area contributed by atoms with E-state index in [1.807, 2.05) is 6.92 Å². The summed E-state index contributed by atoms with van der Waals surface area (Å²) in [5.41, 5.74) is 0.362. The van der Waals surface area contributed by atoms with E-state index in [0.717, 1.165) is 6.42 Å². The van der Waals surface area contributed by atoms with E-state index < -0.39 is 5.97 Å². The Balaban J connectivity index is 2.89. The van der Waals surface area contributed by atoms with E-state index in [-0.39, 0.29) is 5.75 Å². The minimum absolute atomic E-state index is 0.0242. The Morgan fingerprint density at radius 1 is 1.47 bits per heavy atom. The van der Waals surface area contributed by atoms with Gasteiger partial charge in [-0.15, -0.1) is 0 Å². The van der Waals surface area contributed by atoms with Crippen LogP contribution in [0.15, 0.2) is 18.2 Å². The van der Waals surface area contributed by atoms with Gasteiger partial charge >= 0.3 is 5.97 Å². The number of carbonyl (C=O) groups excluding carboxylic acids is 1. The fourth-order valence-electron chi connectivity index (χ4n) is 1.09. The zero-order valence-corrected chi connectivity index (χ0v) is 8.82. The molecule has 15 heavy (non-hydrogen) atoms. The minimum Gasteiger partial charge on any atom is -0.504 e. The van der Waals surface area contributed by atoms with E-state index in [2.05, 4.69) is 4.74 Å². The van der Waals surface area contributed by atoms with Crippen LogP contribution in [0.25, 0.3) is 0 Å². The van der Waals surface area contributed by atoms with Gasteiger partial charge in [-0.2, -0.15) is 0 Å². The molecule has 1 aromatic rings. The number of aromatic hydroxyl groups is 1. The fourth-order valence-corrected chi connectivity index (χ4v) is 1.09. The molecule has 0 saturated heterocycles. The van der Waals surface area contributed by atoms with Gasteiger partial charge < -0.3 is 14.6 Å². The first-order valence-corrected chi connectivity index (χ1v) is 4.73. The maximum Gasteiger partial charge on any atom is 0.337 e. The second-order valence-electron chi connectivity index (χ2n) is 3.02. The Labute approximate surface area is 88.4 Å². The van der Waals surface area contributed by atoms with Crippen molar-refractivity contribution in [2.45, 2.75) is 13.3 Å². The summed E-state index contributed by atoms with van der Waals surface area (Å²) in [6, 6.07) is 4.37. The third-order valence-electron chi connectivity index (χ3n) is 1.84. The lowest BCUT2D eigenvalue weighted by atomic mass is 10.2. The van der Waals surface area contributed by atoms with Crippen LogP contribution in [0.1, 0.15) is 23.7 Å². The molecular formula is C11H14O4. The summed E-state index contributed by atoms with van der Waals surface area (Å²) < 4.78 is 9.82. The second-order valence-corrected chi connectivity index (χ2v) is 3.02. The molecule has 4 heteroatoms. The molecule has 0 radical (unpaired) electrons. The van der Waals surface area contributed by atoms with Gasteiger partial charge in [0, 0.05) is 0 Å². The number of esters is 1. The summed E-state index contributed by atoms with van der Waals surface area (Å²) in [5, 5.41) is 9.44. The molecule has 82 valence electrons. The van der Waals surface area contributed by atoms with Gasteiger partial charge in [-0.1, -0.05) is 6.92 Å². The third kappa shape index (κ3) is 2.87. The van der Waals surface area contributed by atoms with Crippen molar-refractivity contribution in [1.29, 1.82) is 0 Å². The normalized spacial score (nSPS) is 9.73. The number of rotatable bonds is 4. The van der Waals surface area contributed by atoms with Gasteiger partial charge in [0.2, 0.25) is 0 Å². The number of phenolic OH excluding ortho intramolecular Hbond substituents is 1. The quantitative estimate of drug-likeness (QED) is 0.772. The number of methoxy groups -OCH3 is 1. The molecule has 0 aliphatic carbocycles. The smallest absolute Gasteiger partial charge is 0.337 e. The van der Waals surface area contributed by atoms with Crippen LogP contribution < -0.4 is 4.74 Å². The maximum absolute atomic E-state index is 11.2. The van der Waals surface area contributed by atoms with Crippen molar-refractivity contribution in [3.63, 3.8) is 0 Å². The Bertz CT molecular complexity index is 346. The summed E-state index contributed by atoms with van der Waals surface area (Å²) in [4.78, 5) is 11.2. The predicted octanol–water partition coefficient (Wildman–Crippen LogP) is 1.97. The highest BCUT2D eigenvalue weighted by Crippen LogP contribution is 2.27. The molecule has 0 saturated carbocycles. The SMILES string of the molecule is CCCOc1cc(C(=O)OC)ccc1O. The van der Waals surface area contributed by atoms with Gasteiger partial charge in [0.05, 0.1) is 19.3 Å². The molecular weight excluding hydrogens is 196 g/mol. The molecule has 0 aliphatic rings. The lowest BCUT2D eigenvalue weighted by Crippen LogP contribution is -2.02. The summed E-state index contributed by atoms with van der Waals surface area (Å²) in [5.74, 6) is -0.118. The predicted molar refractivity (Wildman–Crippen MR) is 55.2 cm³/mol. The van der Waals surface area contributed by atoms with Gasteiger partial charge in [-0.3, -0.25) is 0 Å². The van der Waals surface area contributed by atoms with Gasteiger partial charge in [0.25, 0.3) is 0 Å². The molecule has 0 unspecified atom stereocenters. The van der Waals surface area contributed by atoms with Crippen LogP contribution in [0, 0.1) is 0 Å². The zero-order valence-electron chi connectivity index (χ0n) is 8.82. The molecule has 0 spiro atoms. The molecule has 0 bridgehead atoms. The fraction of sp³-hybridized carbons (Fsp3) is 0.364. The lowest BCUT2D eigenvalue weighted by Gasteiger charge is -2.08.